The minimum atomic E-state index is -0.196. The Balaban J connectivity index is 1.83. The van der Waals surface area contributed by atoms with Gasteiger partial charge in [0.05, 0.1) is 33.8 Å². The number of nitrogens with zero attached hydrogens (tertiary/aromatic N) is 2. The van der Waals surface area contributed by atoms with Gasteiger partial charge in [-0.15, -0.1) is 11.3 Å². The van der Waals surface area contributed by atoms with Gasteiger partial charge in [-0.2, -0.15) is 0 Å². The van der Waals surface area contributed by atoms with Gasteiger partial charge < -0.3 is 20.4 Å². The molecule has 166 valence electrons. The number of aromatic nitrogens is 3. The normalized spacial score (nSPS) is 13.7. The molecule has 3 heterocycles. The van der Waals surface area contributed by atoms with Crippen LogP contribution in [0.3, 0.4) is 0 Å². The van der Waals surface area contributed by atoms with Gasteiger partial charge >= 0.3 is 0 Å². The van der Waals surface area contributed by atoms with Crippen molar-refractivity contribution in [2.45, 2.75) is 46.7 Å². The van der Waals surface area contributed by atoms with Gasteiger partial charge in [0, 0.05) is 25.4 Å². The van der Waals surface area contributed by atoms with E-state index in [9.17, 15) is 9.59 Å². The van der Waals surface area contributed by atoms with Gasteiger partial charge in [-0.25, -0.2) is 9.97 Å². The zero-order chi connectivity index (χ0) is 22.8. The number of methoxy groups -OCH3 is 1. The molecule has 3 N–H and O–H groups in total. The number of ether oxygens (including phenoxy) is 1. The third-order valence-electron chi connectivity index (χ3n) is 5.15. The van der Waals surface area contributed by atoms with Crippen LogP contribution in [0.15, 0.2) is 24.5 Å². The van der Waals surface area contributed by atoms with Crippen LogP contribution in [0, 0.1) is 5.41 Å². The number of hydrogen-bond donors (Lipinski definition) is 3. The predicted molar refractivity (Wildman–Crippen MR) is 122 cm³/mol. The average molecular weight is 444 g/mol. The van der Waals surface area contributed by atoms with Crippen molar-refractivity contribution in [1.82, 2.24) is 25.6 Å². The molecule has 0 radical (unpaired) electrons. The van der Waals surface area contributed by atoms with Gasteiger partial charge in [-0.05, 0) is 31.4 Å². The SMILES string of the molecule is COCC(C)NC(=O)c1ccc(-c2cnc3[nH]cc(C(=O)NC(C)C(C)(C)C)c3n2)s1. The molecule has 9 heteroatoms. The van der Waals surface area contributed by atoms with Crippen molar-refractivity contribution in [1.29, 1.82) is 0 Å². The first-order valence-corrected chi connectivity index (χ1v) is 11.0. The Morgan fingerprint density at radius 1 is 1.19 bits per heavy atom. The fraction of sp³-hybridized carbons (Fsp3) is 0.455. The summed E-state index contributed by atoms with van der Waals surface area (Å²) >= 11 is 1.33. The second-order valence-corrected chi connectivity index (χ2v) is 9.79. The third kappa shape index (κ3) is 5.29. The largest absolute Gasteiger partial charge is 0.383 e. The molecule has 0 fully saturated rings. The maximum Gasteiger partial charge on any atom is 0.261 e. The molecule has 0 aromatic carbocycles. The lowest BCUT2D eigenvalue weighted by molar-refractivity contribution is 0.0903. The number of rotatable bonds is 7. The minimum Gasteiger partial charge on any atom is -0.383 e. The Bertz CT molecular complexity index is 1080. The van der Waals surface area contributed by atoms with Crippen LogP contribution >= 0.6 is 11.3 Å². The van der Waals surface area contributed by atoms with Gasteiger partial charge in [0.25, 0.3) is 11.8 Å². The Morgan fingerprint density at radius 3 is 2.61 bits per heavy atom. The number of nitrogens with one attached hydrogen (secondary N) is 3. The van der Waals surface area contributed by atoms with Gasteiger partial charge in [-0.1, -0.05) is 20.8 Å². The fourth-order valence-corrected chi connectivity index (χ4v) is 3.72. The van der Waals surface area contributed by atoms with Crippen LogP contribution in [0.4, 0.5) is 0 Å². The zero-order valence-corrected chi connectivity index (χ0v) is 19.5. The molecule has 0 spiro atoms. The van der Waals surface area contributed by atoms with Crippen LogP contribution in [-0.2, 0) is 4.74 Å². The van der Waals surface area contributed by atoms with Crippen molar-refractivity contribution in [2.24, 2.45) is 5.41 Å². The molecule has 3 rings (SSSR count). The molecule has 0 aliphatic heterocycles. The Hall–Kier alpha value is -2.78. The highest BCUT2D eigenvalue weighted by Gasteiger charge is 2.24. The van der Waals surface area contributed by atoms with Crippen molar-refractivity contribution in [3.63, 3.8) is 0 Å². The number of amides is 2. The first kappa shape index (κ1) is 22.9. The van der Waals surface area contributed by atoms with Crippen LogP contribution in [0.1, 0.15) is 54.6 Å². The molecular formula is C22H29N5O3S. The summed E-state index contributed by atoms with van der Waals surface area (Å²) in [4.78, 5) is 38.7. The second-order valence-electron chi connectivity index (χ2n) is 8.71. The van der Waals surface area contributed by atoms with Crippen molar-refractivity contribution >= 4 is 34.3 Å². The molecule has 31 heavy (non-hydrogen) atoms. The van der Waals surface area contributed by atoms with Crippen molar-refractivity contribution < 1.29 is 14.3 Å². The van der Waals surface area contributed by atoms with Crippen molar-refractivity contribution in [3.05, 3.63) is 35.0 Å². The molecule has 0 saturated heterocycles. The highest BCUT2D eigenvalue weighted by atomic mass is 32.1. The van der Waals surface area contributed by atoms with Crippen LogP contribution < -0.4 is 10.6 Å². The van der Waals surface area contributed by atoms with E-state index in [-0.39, 0.29) is 29.3 Å². The van der Waals surface area contributed by atoms with Gasteiger partial charge in [-0.3, -0.25) is 9.59 Å². The summed E-state index contributed by atoms with van der Waals surface area (Å²) in [6.07, 6.45) is 3.27. The zero-order valence-electron chi connectivity index (χ0n) is 18.7. The van der Waals surface area contributed by atoms with Gasteiger partial charge in [0.15, 0.2) is 5.65 Å². The number of carbonyl (C=O) groups is 2. The monoisotopic (exact) mass is 443 g/mol. The fourth-order valence-electron chi connectivity index (χ4n) is 2.86. The van der Waals surface area contributed by atoms with E-state index in [1.54, 1.807) is 25.6 Å². The number of H-pyrrole nitrogens is 1. The molecular weight excluding hydrogens is 414 g/mol. The summed E-state index contributed by atoms with van der Waals surface area (Å²) in [5, 5.41) is 5.93. The van der Waals surface area contributed by atoms with Gasteiger partial charge in [0.1, 0.15) is 5.52 Å². The molecule has 0 saturated carbocycles. The molecule has 2 atom stereocenters. The number of fused-ring (bicyclic) bond motifs is 1. The molecule has 0 aliphatic carbocycles. The van der Waals surface area contributed by atoms with E-state index >= 15 is 0 Å². The summed E-state index contributed by atoms with van der Waals surface area (Å²) < 4.78 is 5.06. The molecule has 0 aliphatic rings. The van der Waals surface area contributed by atoms with E-state index in [0.29, 0.717) is 33.9 Å². The summed E-state index contributed by atoms with van der Waals surface area (Å²) in [7, 11) is 1.60. The topological polar surface area (TPSA) is 109 Å². The summed E-state index contributed by atoms with van der Waals surface area (Å²) in [5.74, 6) is -0.355. The quantitative estimate of drug-likeness (QED) is 0.517. The highest BCUT2D eigenvalue weighted by Crippen LogP contribution is 2.28. The Morgan fingerprint density at radius 2 is 1.94 bits per heavy atom. The highest BCUT2D eigenvalue weighted by molar-refractivity contribution is 7.17. The summed E-state index contributed by atoms with van der Waals surface area (Å²) in [6, 6.07) is 3.50. The first-order chi connectivity index (χ1) is 14.6. The predicted octanol–water partition coefficient (Wildman–Crippen LogP) is 3.62. The van der Waals surface area contributed by atoms with E-state index in [1.165, 1.54) is 11.3 Å². The van der Waals surface area contributed by atoms with Crippen molar-refractivity contribution in [3.8, 4) is 10.6 Å². The maximum atomic E-state index is 12.8. The van der Waals surface area contributed by atoms with E-state index in [0.717, 1.165) is 4.88 Å². The van der Waals surface area contributed by atoms with E-state index in [1.807, 2.05) is 19.9 Å². The van der Waals surface area contributed by atoms with Crippen molar-refractivity contribution in [2.75, 3.05) is 13.7 Å². The number of aromatic amines is 1. The Kier molecular flexibility index (Phi) is 6.76. The van der Waals surface area contributed by atoms with Gasteiger partial charge in [0.2, 0.25) is 0 Å². The molecule has 3 aromatic rings. The lowest BCUT2D eigenvalue weighted by Crippen LogP contribution is -2.41. The summed E-state index contributed by atoms with van der Waals surface area (Å²) in [5.41, 5.74) is 2.04. The number of hydrogen-bond acceptors (Lipinski definition) is 6. The lowest BCUT2D eigenvalue weighted by atomic mass is 9.88. The third-order valence-corrected chi connectivity index (χ3v) is 6.26. The van der Waals surface area contributed by atoms with Crippen LogP contribution in [-0.4, -0.2) is 52.6 Å². The van der Waals surface area contributed by atoms with Crippen LogP contribution in [0.2, 0.25) is 0 Å². The van der Waals surface area contributed by atoms with E-state index in [4.69, 9.17) is 4.74 Å². The molecule has 2 amide bonds. The molecule has 8 nitrogen and oxygen atoms in total. The lowest BCUT2D eigenvalue weighted by Gasteiger charge is -2.27. The minimum absolute atomic E-state index is 0.0139. The first-order valence-electron chi connectivity index (χ1n) is 10.1. The average Bonchev–Trinajstić information content (AvgIpc) is 3.34. The van der Waals surface area contributed by atoms with E-state index in [2.05, 4.69) is 46.4 Å². The second kappa shape index (κ2) is 9.15. The summed E-state index contributed by atoms with van der Waals surface area (Å²) in [6.45, 7) is 10.5. The molecule has 0 bridgehead atoms. The Labute approximate surface area is 185 Å². The van der Waals surface area contributed by atoms with Crippen LogP contribution in [0.25, 0.3) is 21.7 Å². The standard InChI is InChI=1S/C22H29N5O3S/c1-12(11-30-6)25-21(29)17-8-7-16(31-17)15-10-24-19-18(27-15)14(9-23-19)20(28)26-13(2)22(3,4)5/h7-10,12-13H,11H2,1-6H3,(H,23,24)(H,25,29)(H,26,28). The molecule has 3 aromatic heterocycles. The van der Waals surface area contributed by atoms with E-state index < -0.39 is 0 Å². The number of thiophene rings is 1. The number of carbonyl (C=O) groups excluding carboxylic acids is 2. The maximum absolute atomic E-state index is 12.8. The van der Waals surface area contributed by atoms with Crippen LogP contribution in [0.5, 0.6) is 0 Å². The molecule has 2 unspecified atom stereocenters. The smallest absolute Gasteiger partial charge is 0.261 e.